The van der Waals surface area contributed by atoms with Crippen LogP contribution in [-0.4, -0.2) is 70.1 Å². The Balaban J connectivity index is 1.20. The molecule has 10 heteroatoms. The van der Waals surface area contributed by atoms with Gasteiger partial charge in [0.05, 0.1) is 31.0 Å². The average molecular weight is 596 g/mol. The van der Waals surface area contributed by atoms with Crippen LogP contribution >= 0.6 is 0 Å². The summed E-state index contributed by atoms with van der Waals surface area (Å²) in [4.78, 5) is 20.3. The monoisotopic (exact) mass is 595 g/mol. The lowest BCUT2D eigenvalue weighted by atomic mass is 9.92. The molecule has 10 nitrogen and oxygen atoms in total. The number of carbonyl (C=O) groups is 1. The summed E-state index contributed by atoms with van der Waals surface area (Å²) in [6.45, 7) is 10.9. The van der Waals surface area contributed by atoms with Crippen molar-refractivity contribution in [1.82, 2.24) is 19.7 Å². The third-order valence-electron chi connectivity index (χ3n) is 7.77. The SMILES string of the molecule is CC(C)(C)c1cc(N)n(C(=O)c2cccc3cc(Oc4ccnc5cc(OCCCN6CCOCC6)c(O)cc45)ccc23)n1. The molecule has 0 spiro atoms. The molecular formula is C34H37N5O5. The Hall–Kier alpha value is -4.67. The van der Waals surface area contributed by atoms with E-state index in [0.717, 1.165) is 55.7 Å². The number of morpholine rings is 1. The highest BCUT2D eigenvalue weighted by atomic mass is 16.5. The number of phenols is 1. The Morgan fingerprint density at radius 3 is 2.61 bits per heavy atom. The quantitative estimate of drug-likeness (QED) is 0.216. The van der Waals surface area contributed by atoms with Crippen molar-refractivity contribution >= 4 is 33.4 Å². The number of pyridine rings is 1. The zero-order valence-electron chi connectivity index (χ0n) is 25.2. The van der Waals surface area contributed by atoms with Gasteiger partial charge in [0.15, 0.2) is 11.5 Å². The number of hydrogen-bond acceptors (Lipinski definition) is 9. The first-order chi connectivity index (χ1) is 21.2. The van der Waals surface area contributed by atoms with E-state index >= 15 is 0 Å². The van der Waals surface area contributed by atoms with Crippen LogP contribution in [0.5, 0.6) is 23.0 Å². The molecule has 3 heterocycles. The third-order valence-corrected chi connectivity index (χ3v) is 7.77. The lowest BCUT2D eigenvalue weighted by Crippen LogP contribution is -2.37. The molecule has 1 aliphatic rings. The van der Waals surface area contributed by atoms with Gasteiger partial charge in [-0.2, -0.15) is 9.78 Å². The molecule has 1 aliphatic heterocycles. The fourth-order valence-electron chi connectivity index (χ4n) is 5.31. The van der Waals surface area contributed by atoms with E-state index in [1.54, 1.807) is 36.5 Å². The molecule has 0 radical (unpaired) electrons. The first-order valence-corrected chi connectivity index (χ1v) is 14.8. The topological polar surface area (TPSA) is 125 Å². The molecule has 6 rings (SSSR count). The van der Waals surface area contributed by atoms with E-state index in [9.17, 15) is 9.90 Å². The second-order valence-electron chi connectivity index (χ2n) is 12.0. The van der Waals surface area contributed by atoms with E-state index in [4.69, 9.17) is 19.9 Å². The number of nitrogen functional groups attached to an aromatic ring is 1. The molecule has 0 amide bonds. The Bertz CT molecular complexity index is 1820. The molecule has 0 bridgehead atoms. The maximum Gasteiger partial charge on any atom is 0.280 e. The van der Waals surface area contributed by atoms with E-state index in [2.05, 4.69) is 15.0 Å². The predicted octanol–water partition coefficient (Wildman–Crippen LogP) is 5.75. The molecule has 1 saturated heterocycles. The lowest BCUT2D eigenvalue weighted by molar-refractivity contribution is 0.0357. The standard InChI is InChI=1S/C34H37N5O5/c1-34(2,3)31-21-32(35)39(37-31)33(41)25-7-4-6-22-18-23(8-9-24(22)25)44-29-10-11-36-27-20-30(28(40)19-26(27)29)43-15-5-12-38-13-16-42-17-14-38/h4,6-11,18-21,40H,5,12-17,35H2,1-3H3. The van der Waals surface area contributed by atoms with Gasteiger partial charge in [-0.15, -0.1) is 0 Å². The third kappa shape index (κ3) is 6.17. The van der Waals surface area contributed by atoms with E-state index in [1.807, 2.05) is 51.1 Å². The number of rotatable bonds is 8. The van der Waals surface area contributed by atoms with Gasteiger partial charge in [-0.05, 0) is 53.6 Å². The predicted molar refractivity (Wildman–Crippen MR) is 170 cm³/mol. The Morgan fingerprint density at radius 2 is 1.84 bits per heavy atom. The van der Waals surface area contributed by atoms with E-state index in [-0.39, 0.29) is 17.1 Å². The normalized spacial score (nSPS) is 14.2. The Morgan fingerprint density at radius 1 is 1.02 bits per heavy atom. The van der Waals surface area contributed by atoms with Crippen molar-refractivity contribution in [3.63, 3.8) is 0 Å². The largest absolute Gasteiger partial charge is 0.504 e. The zero-order chi connectivity index (χ0) is 30.8. The van der Waals surface area contributed by atoms with Crippen molar-refractivity contribution in [3.8, 4) is 23.0 Å². The second kappa shape index (κ2) is 12.1. The van der Waals surface area contributed by atoms with Gasteiger partial charge in [-0.25, -0.2) is 0 Å². The van der Waals surface area contributed by atoms with E-state index in [0.29, 0.717) is 46.1 Å². The minimum Gasteiger partial charge on any atom is -0.504 e. The number of phenolic OH excluding ortho intramolecular Hbond substituents is 1. The van der Waals surface area contributed by atoms with Gasteiger partial charge in [0.1, 0.15) is 17.3 Å². The highest BCUT2D eigenvalue weighted by Crippen LogP contribution is 2.37. The number of nitrogens with two attached hydrogens (primary N) is 1. The molecule has 0 unspecified atom stereocenters. The molecule has 5 aromatic rings. The Labute approximate surface area is 256 Å². The molecule has 228 valence electrons. The lowest BCUT2D eigenvalue weighted by Gasteiger charge is -2.26. The molecule has 0 saturated carbocycles. The minimum atomic E-state index is -0.299. The molecule has 2 aromatic heterocycles. The zero-order valence-corrected chi connectivity index (χ0v) is 25.2. The van der Waals surface area contributed by atoms with Crippen LogP contribution in [0.15, 0.2) is 66.9 Å². The summed E-state index contributed by atoms with van der Waals surface area (Å²) in [6.07, 6.45) is 2.51. The first-order valence-electron chi connectivity index (χ1n) is 14.8. The van der Waals surface area contributed by atoms with Crippen molar-refractivity contribution in [2.75, 3.05) is 45.2 Å². The number of ether oxygens (including phenoxy) is 3. The minimum absolute atomic E-state index is 0.0240. The highest BCUT2D eigenvalue weighted by molar-refractivity contribution is 6.08. The van der Waals surface area contributed by atoms with Crippen LogP contribution < -0.4 is 15.2 Å². The van der Waals surface area contributed by atoms with Crippen molar-refractivity contribution in [2.45, 2.75) is 32.6 Å². The molecule has 0 aliphatic carbocycles. The fraction of sp³-hybridized carbons (Fsp3) is 0.324. The number of anilines is 1. The maximum atomic E-state index is 13.5. The number of aromatic hydroxyl groups is 1. The second-order valence-corrected chi connectivity index (χ2v) is 12.0. The molecule has 1 fully saturated rings. The van der Waals surface area contributed by atoms with Crippen LogP contribution in [0, 0.1) is 0 Å². The van der Waals surface area contributed by atoms with Crippen molar-refractivity contribution in [3.05, 3.63) is 78.1 Å². The van der Waals surface area contributed by atoms with Crippen LogP contribution in [0.2, 0.25) is 0 Å². The first kappa shape index (κ1) is 29.4. The number of nitrogens with zero attached hydrogens (tertiary/aromatic N) is 4. The Kier molecular flexibility index (Phi) is 8.11. The number of benzene rings is 3. The smallest absolute Gasteiger partial charge is 0.280 e. The summed E-state index contributed by atoms with van der Waals surface area (Å²) in [5.74, 6) is 1.52. The van der Waals surface area contributed by atoms with Gasteiger partial charge in [-0.3, -0.25) is 14.7 Å². The summed E-state index contributed by atoms with van der Waals surface area (Å²) in [5, 5.41) is 17.5. The average Bonchev–Trinajstić information content (AvgIpc) is 3.42. The van der Waals surface area contributed by atoms with Crippen LogP contribution in [0.4, 0.5) is 5.82 Å². The van der Waals surface area contributed by atoms with Crippen LogP contribution in [0.3, 0.4) is 0 Å². The molecule has 3 N–H and O–H groups in total. The number of fused-ring (bicyclic) bond motifs is 2. The summed E-state index contributed by atoms with van der Waals surface area (Å²) in [5.41, 5.74) is 7.81. The van der Waals surface area contributed by atoms with Gasteiger partial charge < -0.3 is 25.1 Å². The summed E-state index contributed by atoms with van der Waals surface area (Å²) >= 11 is 0. The van der Waals surface area contributed by atoms with Gasteiger partial charge in [0.25, 0.3) is 5.91 Å². The van der Waals surface area contributed by atoms with Gasteiger partial charge in [0.2, 0.25) is 0 Å². The molecule has 44 heavy (non-hydrogen) atoms. The van der Waals surface area contributed by atoms with Gasteiger partial charge in [0, 0.05) is 54.3 Å². The summed E-state index contributed by atoms with van der Waals surface area (Å²) < 4.78 is 18.8. The van der Waals surface area contributed by atoms with Crippen molar-refractivity contribution < 1.29 is 24.1 Å². The summed E-state index contributed by atoms with van der Waals surface area (Å²) in [7, 11) is 0. The molecule has 0 atom stereocenters. The molecule has 3 aromatic carbocycles. The van der Waals surface area contributed by atoms with Crippen molar-refractivity contribution in [2.24, 2.45) is 0 Å². The number of hydrogen-bond donors (Lipinski definition) is 2. The number of aromatic nitrogens is 3. The maximum absolute atomic E-state index is 13.5. The van der Waals surface area contributed by atoms with Gasteiger partial charge >= 0.3 is 0 Å². The summed E-state index contributed by atoms with van der Waals surface area (Å²) in [6, 6.07) is 17.9. The van der Waals surface area contributed by atoms with Crippen molar-refractivity contribution in [1.29, 1.82) is 0 Å². The number of carbonyl (C=O) groups excluding carboxylic acids is 1. The van der Waals surface area contributed by atoms with Crippen LogP contribution in [0.25, 0.3) is 21.7 Å². The fourth-order valence-corrected chi connectivity index (χ4v) is 5.31. The van der Waals surface area contributed by atoms with E-state index in [1.165, 1.54) is 4.68 Å². The van der Waals surface area contributed by atoms with Crippen LogP contribution in [-0.2, 0) is 10.2 Å². The van der Waals surface area contributed by atoms with Crippen LogP contribution in [0.1, 0.15) is 43.2 Å². The molecular weight excluding hydrogens is 558 g/mol. The van der Waals surface area contributed by atoms with E-state index < -0.39 is 0 Å². The van der Waals surface area contributed by atoms with Gasteiger partial charge in [-0.1, -0.05) is 32.9 Å². The highest BCUT2D eigenvalue weighted by Gasteiger charge is 2.23.